The molecule has 0 bridgehead atoms. The van der Waals surface area contributed by atoms with E-state index in [1.54, 1.807) is 6.07 Å². The van der Waals surface area contributed by atoms with E-state index in [9.17, 15) is 0 Å². The zero-order chi connectivity index (χ0) is 6.53. The van der Waals surface area contributed by atoms with Gasteiger partial charge in [-0.05, 0) is 13.1 Å². The van der Waals surface area contributed by atoms with Crippen molar-refractivity contribution in [2.45, 2.75) is 6.54 Å². The molecular weight excluding hydrogens is 114 g/mol. The van der Waals surface area contributed by atoms with Crippen LogP contribution >= 0.6 is 0 Å². The first kappa shape index (κ1) is 6.16. The van der Waals surface area contributed by atoms with Crippen molar-refractivity contribution in [3.05, 3.63) is 24.3 Å². The van der Waals surface area contributed by atoms with Crippen LogP contribution in [0.15, 0.2) is 12.4 Å². The van der Waals surface area contributed by atoms with Crippen LogP contribution < -0.4 is 5.32 Å². The highest BCUT2D eigenvalue weighted by molar-refractivity contribution is 4.95. The Kier molecular flexibility index (Phi) is 2.15. The molecule has 0 aliphatic carbocycles. The van der Waals surface area contributed by atoms with E-state index in [0.717, 1.165) is 12.2 Å². The fourth-order valence-corrected chi connectivity index (χ4v) is 0.563. The highest BCUT2D eigenvalue weighted by Gasteiger charge is 1.86. The fraction of sp³-hybridized carbons (Fsp3) is 0.333. The third-order valence-corrected chi connectivity index (χ3v) is 0.945. The van der Waals surface area contributed by atoms with Crippen molar-refractivity contribution >= 4 is 0 Å². The van der Waals surface area contributed by atoms with Gasteiger partial charge in [0, 0.05) is 6.54 Å². The van der Waals surface area contributed by atoms with Crippen molar-refractivity contribution in [2.24, 2.45) is 0 Å². The van der Waals surface area contributed by atoms with Crippen LogP contribution in [0, 0.1) is 6.20 Å². The molecule has 0 saturated carbocycles. The lowest BCUT2D eigenvalue weighted by atomic mass is 10.4. The third kappa shape index (κ3) is 1.77. The van der Waals surface area contributed by atoms with Crippen LogP contribution in [0.25, 0.3) is 0 Å². The van der Waals surface area contributed by atoms with E-state index in [-0.39, 0.29) is 0 Å². The maximum absolute atomic E-state index is 3.96. The van der Waals surface area contributed by atoms with Gasteiger partial charge in [0.1, 0.15) is 6.33 Å². The Morgan fingerprint density at radius 1 is 1.78 bits per heavy atom. The van der Waals surface area contributed by atoms with Gasteiger partial charge in [-0.3, -0.25) is 0 Å². The monoisotopic (exact) mass is 122 g/mol. The molecule has 1 N–H and O–H groups in total. The van der Waals surface area contributed by atoms with E-state index in [0.29, 0.717) is 0 Å². The molecule has 1 heterocycles. The van der Waals surface area contributed by atoms with Gasteiger partial charge in [-0.2, -0.15) is 0 Å². The van der Waals surface area contributed by atoms with E-state index >= 15 is 0 Å². The third-order valence-electron chi connectivity index (χ3n) is 0.945. The number of hydrogen-bond donors (Lipinski definition) is 1. The summed E-state index contributed by atoms with van der Waals surface area (Å²) < 4.78 is 0. The molecule has 1 radical (unpaired) electrons. The molecule has 0 unspecified atom stereocenters. The molecule has 0 spiro atoms. The molecule has 9 heavy (non-hydrogen) atoms. The summed E-state index contributed by atoms with van der Waals surface area (Å²) in [5, 5.41) is 2.97. The molecule has 0 atom stereocenters. The summed E-state index contributed by atoms with van der Waals surface area (Å²) in [6, 6.07) is 1.76. The van der Waals surface area contributed by atoms with Gasteiger partial charge in [-0.25, -0.2) is 9.97 Å². The Balaban J connectivity index is 2.61. The van der Waals surface area contributed by atoms with E-state index in [2.05, 4.69) is 21.5 Å². The summed E-state index contributed by atoms with van der Waals surface area (Å²) in [5.41, 5.74) is 0.965. The zero-order valence-corrected chi connectivity index (χ0v) is 5.26. The van der Waals surface area contributed by atoms with Gasteiger partial charge in [-0.1, -0.05) is 0 Å². The fourth-order valence-electron chi connectivity index (χ4n) is 0.563. The van der Waals surface area contributed by atoms with Gasteiger partial charge in [0.25, 0.3) is 0 Å². The molecule has 3 heteroatoms. The molecule has 0 fully saturated rings. The molecule has 47 valence electrons. The van der Waals surface area contributed by atoms with Gasteiger partial charge in [0.05, 0.1) is 11.9 Å². The molecule has 1 rings (SSSR count). The number of rotatable bonds is 2. The second-order valence-electron chi connectivity index (χ2n) is 1.67. The van der Waals surface area contributed by atoms with Crippen LogP contribution in [0.3, 0.4) is 0 Å². The lowest BCUT2D eigenvalue weighted by Crippen LogP contribution is -2.06. The first-order valence-electron chi connectivity index (χ1n) is 2.75. The van der Waals surface area contributed by atoms with Crippen molar-refractivity contribution < 1.29 is 0 Å². The van der Waals surface area contributed by atoms with Gasteiger partial charge in [-0.15, -0.1) is 0 Å². The molecule has 0 aliphatic rings. The number of hydrogen-bond acceptors (Lipinski definition) is 3. The Morgan fingerprint density at radius 3 is 3.22 bits per heavy atom. The van der Waals surface area contributed by atoms with Crippen LogP contribution in [-0.2, 0) is 6.54 Å². The van der Waals surface area contributed by atoms with Crippen molar-refractivity contribution in [1.29, 1.82) is 0 Å². The highest BCUT2D eigenvalue weighted by Crippen LogP contribution is 1.86. The van der Waals surface area contributed by atoms with Crippen molar-refractivity contribution in [3.63, 3.8) is 0 Å². The average molecular weight is 122 g/mol. The van der Waals surface area contributed by atoms with E-state index < -0.39 is 0 Å². The molecule has 3 nitrogen and oxygen atoms in total. The largest absolute Gasteiger partial charge is 0.314 e. The summed E-state index contributed by atoms with van der Waals surface area (Å²) in [5.74, 6) is 0. The van der Waals surface area contributed by atoms with E-state index in [1.807, 2.05) is 7.05 Å². The minimum absolute atomic E-state index is 0.777. The summed E-state index contributed by atoms with van der Waals surface area (Å²) in [6.07, 6.45) is 4.19. The number of nitrogens with zero attached hydrogens (tertiary/aromatic N) is 2. The number of aromatic nitrogens is 2. The highest BCUT2D eigenvalue weighted by atomic mass is 14.9. The number of nitrogens with one attached hydrogen (secondary N) is 1. The molecule has 1 aromatic heterocycles. The van der Waals surface area contributed by atoms with Crippen LogP contribution in [0.2, 0.25) is 0 Å². The van der Waals surface area contributed by atoms with Crippen molar-refractivity contribution in [1.82, 2.24) is 15.3 Å². The Labute approximate surface area is 54.2 Å². The maximum atomic E-state index is 3.96. The van der Waals surface area contributed by atoms with Gasteiger partial charge < -0.3 is 5.32 Å². The minimum atomic E-state index is 0.777. The predicted molar refractivity (Wildman–Crippen MR) is 33.6 cm³/mol. The van der Waals surface area contributed by atoms with Crippen LogP contribution in [0.4, 0.5) is 0 Å². The quantitative estimate of drug-likeness (QED) is 0.599. The SMILES string of the molecule is CNCc1c[c]ncn1. The summed E-state index contributed by atoms with van der Waals surface area (Å²) in [7, 11) is 1.88. The lowest BCUT2D eigenvalue weighted by Gasteiger charge is -1.93. The summed E-state index contributed by atoms with van der Waals surface area (Å²) >= 11 is 0. The van der Waals surface area contributed by atoms with E-state index in [1.165, 1.54) is 6.33 Å². The average Bonchev–Trinajstić information content (AvgIpc) is 1.91. The normalized spacial score (nSPS) is 9.44. The molecule has 0 aromatic carbocycles. The Bertz CT molecular complexity index is 161. The van der Waals surface area contributed by atoms with Gasteiger partial charge >= 0.3 is 0 Å². The van der Waals surface area contributed by atoms with Crippen LogP contribution in [0.5, 0.6) is 0 Å². The molecular formula is C6H8N3. The van der Waals surface area contributed by atoms with Crippen LogP contribution in [-0.4, -0.2) is 17.0 Å². The van der Waals surface area contributed by atoms with Crippen LogP contribution in [0.1, 0.15) is 5.69 Å². The standard InChI is InChI=1S/C6H8N3/c1-7-4-6-2-3-8-5-9-6/h2,5,7H,4H2,1H3. The first-order valence-corrected chi connectivity index (χ1v) is 2.75. The van der Waals surface area contributed by atoms with Gasteiger partial charge in [0.15, 0.2) is 0 Å². The summed E-state index contributed by atoms with van der Waals surface area (Å²) in [6.45, 7) is 0.777. The van der Waals surface area contributed by atoms with E-state index in [4.69, 9.17) is 0 Å². The minimum Gasteiger partial charge on any atom is -0.314 e. The second kappa shape index (κ2) is 3.14. The maximum Gasteiger partial charge on any atom is 0.116 e. The van der Waals surface area contributed by atoms with Crippen molar-refractivity contribution in [2.75, 3.05) is 7.05 Å². The second-order valence-corrected chi connectivity index (χ2v) is 1.67. The molecule has 0 saturated heterocycles. The molecule has 0 aliphatic heterocycles. The predicted octanol–water partition coefficient (Wildman–Crippen LogP) is -0.00381. The summed E-state index contributed by atoms with van der Waals surface area (Å²) in [4.78, 5) is 7.63. The van der Waals surface area contributed by atoms with Crippen molar-refractivity contribution in [3.8, 4) is 0 Å². The molecule has 0 amide bonds. The molecule has 1 aromatic rings. The lowest BCUT2D eigenvalue weighted by molar-refractivity contribution is 0.785. The topological polar surface area (TPSA) is 37.8 Å². The Morgan fingerprint density at radius 2 is 2.67 bits per heavy atom. The first-order chi connectivity index (χ1) is 4.43. The smallest absolute Gasteiger partial charge is 0.116 e. The zero-order valence-electron chi connectivity index (χ0n) is 5.26. The van der Waals surface area contributed by atoms with Gasteiger partial charge in [0.2, 0.25) is 0 Å². The Hall–Kier alpha value is -0.960.